The molecule has 3 aromatic heterocycles. The van der Waals surface area contributed by atoms with Gasteiger partial charge in [0.1, 0.15) is 23.6 Å². The summed E-state index contributed by atoms with van der Waals surface area (Å²) in [5, 5.41) is 0. The number of piperidine rings is 1. The Balaban J connectivity index is 1.31. The predicted molar refractivity (Wildman–Crippen MR) is 128 cm³/mol. The normalized spacial score (nSPS) is 13.9. The van der Waals surface area contributed by atoms with Crippen molar-refractivity contribution in [1.29, 1.82) is 0 Å². The number of carbonyl (C=O) groups is 1. The predicted octanol–water partition coefficient (Wildman–Crippen LogP) is 3.62. The van der Waals surface area contributed by atoms with Crippen LogP contribution in [-0.4, -0.2) is 43.4 Å². The van der Waals surface area contributed by atoms with Crippen LogP contribution in [0, 0.1) is 11.8 Å². The summed E-state index contributed by atoms with van der Waals surface area (Å²) in [7, 11) is 0. The van der Waals surface area contributed by atoms with Crippen molar-refractivity contribution in [3.63, 3.8) is 0 Å². The summed E-state index contributed by atoms with van der Waals surface area (Å²) in [6.45, 7) is 1.48. The minimum atomic E-state index is -0.285. The molecule has 2 N–H and O–H groups in total. The van der Waals surface area contributed by atoms with Crippen molar-refractivity contribution in [3.8, 4) is 11.8 Å². The zero-order valence-electron chi connectivity index (χ0n) is 18.6. The molecule has 8 nitrogen and oxygen atoms in total. The molecule has 1 aliphatic rings. The second kappa shape index (κ2) is 9.63. The summed E-state index contributed by atoms with van der Waals surface area (Å²) >= 11 is 0. The third-order valence-electron chi connectivity index (χ3n) is 5.92. The number of rotatable bonds is 3. The van der Waals surface area contributed by atoms with Crippen LogP contribution < -0.4 is 5.73 Å². The van der Waals surface area contributed by atoms with Gasteiger partial charge in [0.05, 0.1) is 0 Å². The van der Waals surface area contributed by atoms with E-state index in [1.54, 1.807) is 23.5 Å². The van der Waals surface area contributed by atoms with Crippen molar-refractivity contribution in [1.82, 2.24) is 24.3 Å². The molecule has 0 atom stereocenters. The number of amides is 1. The van der Waals surface area contributed by atoms with Gasteiger partial charge in [-0.2, -0.15) is 0 Å². The number of nitrogens with zero attached hydrogens (tertiary/aromatic N) is 5. The fourth-order valence-electron chi connectivity index (χ4n) is 4.16. The lowest BCUT2D eigenvalue weighted by Gasteiger charge is -2.30. The first-order valence-electron chi connectivity index (χ1n) is 11.2. The summed E-state index contributed by atoms with van der Waals surface area (Å²) in [6, 6.07) is 13.4. The highest BCUT2D eigenvalue weighted by Crippen LogP contribution is 2.30. The highest BCUT2D eigenvalue weighted by molar-refractivity contribution is 5.73. The van der Waals surface area contributed by atoms with Gasteiger partial charge in [-0.3, -0.25) is 9.38 Å². The molecular formula is C26H24N6O2. The molecule has 0 unspecified atom stereocenters. The Morgan fingerprint density at radius 1 is 1.09 bits per heavy atom. The lowest BCUT2D eigenvalue weighted by Crippen LogP contribution is -2.38. The van der Waals surface area contributed by atoms with E-state index in [0.717, 1.165) is 29.8 Å². The second-order valence-electron chi connectivity index (χ2n) is 8.14. The SMILES string of the molecule is Nc1nccn2c(C3CCN(C(=O)OCc4ccccc4)CC3)nc(C#Cc3cccnc3)c12. The molecule has 0 bridgehead atoms. The number of imidazole rings is 1. The fraction of sp³-hybridized carbons (Fsp3) is 0.231. The molecule has 0 radical (unpaired) electrons. The average molecular weight is 453 g/mol. The molecule has 1 aromatic carbocycles. The maximum absolute atomic E-state index is 12.5. The topological polar surface area (TPSA) is 98.6 Å². The minimum absolute atomic E-state index is 0.168. The van der Waals surface area contributed by atoms with Gasteiger partial charge in [0.25, 0.3) is 0 Å². The number of fused-ring (bicyclic) bond motifs is 1. The zero-order chi connectivity index (χ0) is 23.3. The Labute approximate surface area is 197 Å². The van der Waals surface area contributed by atoms with Crippen LogP contribution in [0.3, 0.4) is 0 Å². The van der Waals surface area contributed by atoms with Gasteiger partial charge in [-0.15, -0.1) is 0 Å². The molecule has 0 spiro atoms. The number of nitrogen functional groups attached to an aromatic ring is 1. The number of nitrogens with two attached hydrogens (primary N) is 1. The molecule has 8 heteroatoms. The van der Waals surface area contributed by atoms with E-state index in [0.29, 0.717) is 30.1 Å². The van der Waals surface area contributed by atoms with Crippen LogP contribution in [0.1, 0.15) is 41.4 Å². The van der Waals surface area contributed by atoms with E-state index >= 15 is 0 Å². The van der Waals surface area contributed by atoms with E-state index in [1.807, 2.05) is 53.1 Å². The molecule has 5 rings (SSSR count). The highest BCUT2D eigenvalue weighted by Gasteiger charge is 2.28. The Morgan fingerprint density at radius 3 is 2.68 bits per heavy atom. The van der Waals surface area contributed by atoms with Crippen molar-refractivity contribution < 1.29 is 9.53 Å². The molecule has 1 saturated heterocycles. The average Bonchev–Trinajstić information content (AvgIpc) is 3.27. The number of benzene rings is 1. The quantitative estimate of drug-likeness (QED) is 0.477. The molecule has 0 aliphatic carbocycles. The molecule has 0 saturated carbocycles. The van der Waals surface area contributed by atoms with Crippen LogP contribution in [0.15, 0.2) is 67.3 Å². The maximum atomic E-state index is 12.5. The lowest BCUT2D eigenvalue weighted by molar-refractivity contribution is 0.0866. The van der Waals surface area contributed by atoms with E-state index in [9.17, 15) is 4.79 Å². The van der Waals surface area contributed by atoms with Crippen LogP contribution in [0.5, 0.6) is 0 Å². The molecule has 1 amide bonds. The van der Waals surface area contributed by atoms with Gasteiger partial charge in [0, 0.05) is 49.4 Å². The molecule has 4 heterocycles. The molecule has 1 fully saturated rings. The van der Waals surface area contributed by atoms with Crippen LogP contribution in [0.4, 0.5) is 10.6 Å². The van der Waals surface area contributed by atoms with Gasteiger partial charge < -0.3 is 15.4 Å². The van der Waals surface area contributed by atoms with E-state index in [-0.39, 0.29) is 18.6 Å². The number of carbonyl (C=O) groups excluding carboxylic acids is 1. The zero-order valence-corrected chi connectivity index (χ0v) is 18.6. The third kappa shape index (κ3) is 4.55. The highest BCUT2D eigenvalue weighted by atomic mass is 16.6. The summed E-state index contributed by atoms with van der Waals surface area (Å²) in [6.07, 6.45) is 8.22. The van der Waals surface area contributed by atoms with Crippen molar-refractivity contribution in [2.45, 2.75) is 25.4 Å². The second-order valence-corrected chi connectivity index (χ2v) is 8.14. The molecule has 170 valence electrons. The molecular weight excluding hydrogens is 428 g/mol. The fourth-order valence-corrected chi connectivity index (χ4v) is 4.16. The van der Waals surface area contributed by atoms with E-state index in [4.69, 9.17) is 15.5 Å². The van der Waals surface area contributed by atoms with E-state index < -0.39 is 0 Å². The number of aromatic nitrogens is 4. The Hall–Kier alpha value is -4.38. The summed E-state index contributed by atoms with van der Waals surface area (Å²) in [4.78, 5) is 27.5. The van der Waals surface area contributed by atoms with Crippen LogP contribution in [-0.2, 0) is 11.3 Å². The number of hydrogen-bond donors (Lipinski definition) is 1. The Bertz CT molecular complexity index is 1350. The van der Waals surface area contributed by atoms with E-state index in [2.05, 4.69) is 21.8 Å². The molecule has 34 heavy (non-hydrogen) atoms. The van der Waals surface area contributed by atoms with Gasteiger partial charge in [-0.1, -0.05) is 36.3 Å². The maximum Gasteiger partial charge on any atom is 0.410 e. The number of hydrogen-bond acceptors (Lipinski definition) is 6. The number of pyridine rings is 1. The van der Waals surface area contributed by atoms with Gasteiger partial charge in [-0.05, 0) is 36.5 Å². The van der Waals surface area contributed by atoms with Gasteiger partial charge in [0.2, 0.25) is 0 Å². The molecule has 1 aliphatic heterocycles. The van der Waals surface area contributed by atoms with Crippen molar-refractivity contribution in [2.24, 2.45) is 0 Å². The monoisotopic (exact) mass is 452 g/mol. The first kappa shape index (κ1) is 21.5. The van der Waals surface area contributed by atoms with Gasteiger partial charge >= 0.3 is 6.09 Å². The smallest absolute Gasteiger partial charge is 0.410 e. The van der Waals surface area contributed by atoms with Crippen molar-refractivity contribution in [3.05, 3.63) is 89.9 Å². The Morgan fingerprint density at radius 2 is 1.91 bits per heavy atom. The summed E-state index contributed by atoms with van der Waals surface area (Å²) in [5.41, 5.74) is 9.26. The van der Waals surface area contributed by atoms with Crippen LogP contribution >= 0.6 is 0 Å². The number of anilines is 1. The van der Waals surface area contributed by atoms with Crippen molar-refractivity contribution in [2.75, 3.05) is 18.8 Å². The molecule has 4 aromatic rings. The first-order valence-corrected chi connectivity index (χ1v) is 11.2. The lowest BCUT2D eigenvalue weighted by atomic mass is 9.96. The largest absolute Gasteiger partial charge is 0.445 e. The summed E-state index contributed by atoms with van der Waals surface area (Å²) in [5.74, 6) is 7.68. The van der Waals surface area contributed by atoms with Crippen molar-refractivity contribution >= 4 is 17.4 Å². The van der Waals surface area contributed by atoms with E-state index in [1.165, 1.54) is 0 Å². The van der Waals surface area contributed by atoms with Crippen LogP contribution in [0.25, 0.3) is 5.52 Å². The number of ether oxygens (including phenoxy) is 1. The Kier molecular flexibility index (Phi) is 6.08. The summed E-state index contributed by atoms with van der Waals surface area (Å²) < 4.78 is 7.47. The minimum Gasteiger partial charge on any atom is -0.445 e. The van der Waals surface area contributed by atoms with Gasteiger partial charge in [0.15, 0.2) is 5.82 Å². The third-order valence-corrected chi connectivity index (χ3v) is 5.92. The number of likely N-dealkylation sites (tertiary alicyclic amines) is 1. The first-order chi connectivity index (χ1) is 16.7. The standard InChI is InChI=1S/C26H24N6O2/c27-24-23-22(9-8-19-7-4-12-28-17-19)30-25(32(23)16-13-29-24)21-10-14-31(15-11-21)26(33)34-18-20-5-2-1-3-6-20/h1-7,12-13,16-17,21H,10-11,14-15,18H2,(H2,27,29). The van der Waals surface area contributed by atoms with Crippen LogP contribution in [0.2, 0.25) is 0 Å². The van der Waals surface area contributed by atoms with Gasteiger partial charge in [-0.25, -0.2) is 14.8 Å².